The maximum Gasteiger partial charge on any atom is 2.00 e. The van der Waals surface area contributed by atoms with E-state index in [1.807, 2.05) is 0 Å². The van der Waals surface area contributed by atoms with E-state index in [4.69, 9.17) is 5.11 Å². The summed E-state index contributed by atoms with van der Waals surface area (Å²) in [7, 11) is 1.00. The van der Waals surface area contributed by atoms with Gasteiger partial charge in [0.1, 0.15) is 0 Å². The molecule has 1 nitrogen and oxygen atoms in total. The summed E-state index contributed by atoms with van der Waals surface area (Å²) in [4.78, 5) is 0. The van der Waals surface area contributed by atoms with Gasteiger partial charge in [-0.1, -0.05) is 0 Å². The first-order valence-electron chi connectivity index (χ1n) is 0.447. The van der Waals surface area contributed by atoms with Crippen LogP contribution in [0.4, 0.5) is 0 Å². The van der Waals surface area contributed by atoms with Gasteiger partial charge in [0.15, 0.2) is 0 Å². The van der Waals surface area contributed by atoms with E-state index in [0.717, 1.165) is 7.11 Å². The van der Waals surface area contributed by atoms with Crippen LogP contribution >= 0.6 is 0 Å². The molecule has 0 unspecified atom stereocenters. The second kappa shape index (κ2) is 52.3. The van der Waals surface area contributed by atoms with Crippen molar-refractivity contribution in [3.63, 3.8) is 0 Å². The molecule has 4 heteroatoms. The second-order valence-corrected chi connectivity index (χ2v) is 0. The maximum absolute atomic E-state index is 7.00. The Morgan fingerprint density at radius 1 is 1.00 bits per heavy atom. The standard InChI is InChI=1S/CH4O.2BrH.Co/c1-2;;;/h2H,1H3;2*1H;/q;;;+2/p-2. The van der Waals surface area contributed by atoms with Gasteiger partial charge < -0.3 is 39.1 Å². The molecule has 0 aromatic heterocycles. The van der Waals surface area contributed by atoms with Crippen LogP contribution in [0.25, 0.3) is 0 Å². The van der Waals surface area contributed by atoms with E-state index in [1.165, 1.54) is 0 Å². The molecule has 0 aliphatic carbocycles. The van der Waals surface area contributed by atoms with Gasteiger partial charge in [-0.05, 0) is 0 Å². The van der Waals surface area contributed by atoms with E-state index in [1.54, 1.807) is 0 Å². The van der Waals surface area contributed by atoms with Crippen molar-refractivity contribution in [3.05, 3.63) is 0 Å². The smallest absolute Gasteiger partial charge is 1.00 e. The fourth-order valence-electron chi connectivity index (χ4n) is 0. The molecule has 0 aromatic rings. The summed E-state index contributed by atoms with van der Waals surface area (Å²) < 4.78 is 0. The Hall–Kier alpha value is 1.43. The third-order valence-electron chi connectivity index (χ3n) is 0. The Kier molecular flexibility index (Phi) is 336. The van der Waals surface area contributed by atoms with Crippen molar-refractivity contribution in [2.45, 2.75) is 0 Å². The molecule has 0 atom stereocenters. The molecule has 0 saturated heterocycles. The van der Waals surface area contributed by atoms with E-state index in [0.29, 0.717) is 0 Å². The van der Waals surface area contributed by atoms with Crippen molar-refractivity contribution in [1.29, 1.82) is 0 Å². The summed E-state index contributed by atoms with van der Waals surface area (Å²) in [5.41, 5.74) is 0. The zero-order chi connectivity index (χ0) is 2.00. The molecule has 0 aliphatic rings. The fraction of sp³-hybridized carbons (Fsp3) is 1.00. The van der Waals surface area contributed by atoms with Gasteiger partial charge in [0.2, 0.25) is 0 Å². The number of halogens is 2. The summed E-state index contributed by atoms with van der Waals surface area (Å²) in [5, 5.41) is 7.00. The van der Waals surface area contributed by atoms with Gasteiger partial charge in [-0.3, -0.25) is 0 Å². The molecular formula is CH4Br2CoO. The number of aliphatic hydroxyl groups excluding tert-OH is 1. The average Bonchev–Trinajstić information content (AvgIpc) is 1.00. The van der Waals surface area contributed by atoms with Crippen molar-refractivity contribution in [2.75, 3.05) is 7.11 Å². The summed E-state index contributed by atoms with van der Waals surface area (Å²) in [6.45, 7) is 0. The van der Waals surface area contributed by atoms with Gasteiger partial charge in [-0.15, -0.1) is 0 Å². The van der Waals surface area contributed by atoms with Gasteiger partial charge in [0, 0.05) is 7.11 Å². The zero-order valence-corrected chi connectivity index (χ0v) is 6.75. The number of hydrogen-bond acceptors (Lipinski definition) is 1. The molecule has 0 spiro atoms. The molecular weight excluding hydrogens is 247 g/mol. The molecule has 0 amide bonds. The van der Waals surface area contributed by atoms with Gasteiger partial charge in [0.05, 0.1) is 0 Å². The van der Waals surface area contributed by atoms with Gasteiger partial charge in [-0.25, -0.2) is 0 Å². The SMILES string of the molecule is CO.[Br-].[Br-].[Co+2]. The van der Waals surface area contributed by atoms with Gasteiger partial charge in [-0.2, -0.15) is 0 Å². The zero-order valence-electron chi connectivity index (χ0n) is 2.54. The molecule has 0 fully saturated rings. The summed E-state index contributed by atoms with van der Waals surface area (Å²) in [5.74, 6) is 0. The van der Waals surface area contributed by atoms with Crippen LogP contribution in [-0.4, -0.2) is 12.2 Å². The van der Waals surface area contributed by atoms with Crippen molar-refractivity contribution in [1.82, 2.24) is 0 Å². The predicted molar refractivity (Wildman–Crippen MR) is 8.14 cm³/mol. The van der Waals surface area contributed by atoms with Crippen LogP contribution in [0.3, 0.4) is 0 Å². The maximum atomic E-state index is 7.00. The number of aliphatic hydroxyl groups is 1. The van der Waals surface area contributed by atoms with Crippen molar-refractivity contribution in [2.24, 2.45) is 0 Å². The quantitative estimate of drug-likeness (QED) is 0.454. The van der Waals surface area contributed by atoms with Crippen LogP contribution in [0.1, 0.15) is 0 Å². The minimum atomic E-state index is 0. The van der Waals surface area contributed by atoms with E-state index >= 15 is 0 Å². The van der Waals surface area contributed by atoms with Crippen LogP contribution in [0.15, 0.2) is 0 Å². The first-order valence-corrected chi connectivity index (χ1v) is 0.447. The van der Waals surface area contributed by atoms with Gasteiger partial charge in [0.25, 0.3) is 0 Å². The van der Waals surface area contributed by atoms with E-state index in [9.17, 15) is 0 Å². The Balaban J connectivity index is -0.00000000167. The van der Waals surface area contributed by atoms with Crippen molar-refractivity contribution >= 4 is 0 Å². The minimum absolute atomic E-state index is 0. The summed E-state index contributed by atoms with van der Waals surface area (Å²) in [6.07, 6.45) is 0. The Morgan fingerprint density at radius 2 is 1.00 bits per heavy atom. The molecule has 5 heavy (non-hydrogen) atoms. The second-order valence-electron chi connectivity index (χ2n) is 0. The monoisotopic (exact) mass is 249 g/mol. The third kappa shape index (κ3) is 31.3. The Labute approximate surface area is 62.9 Å². The largest absolute Gasteiger partial charge is 2.00 e. The minimum Gasteiger partial charge on any atom is -1.00 e. The first-order chi connectivity index (χ1) is 1.00. The summed E-state index contributed by atoms with van der Waals surface area (Å²) in [6, 6.07) is 0. The van der Waals surface area contributed by atoms with Crippen LogP contribution in [0.5, 0.6) is 0 Å². The number of rotatable bonds is 0. The Morgan fingerprint density at radius 3 is 1.00 bits per heavy atom. The molecule has 0 bridgehead atoms. The molecule has 0 rings (SSSR count). The van der Waals surface area contributed by atoms with Crippen molar-refractivity contribution < 1.29 is 55.8 Å². The van der Waals surface area contributed by atoms with E-state index in [2.05, 4.69) is 0 Å². The Bertz CT molecular complexity index is 9.61. The van der Waals surface area contributed by atoms with Crippen LogP contribution < -0.4 is 34.0 Å². The van der Waals surface area contributed by atoms with Gasteiger partial charge >= 0.3 is 16.8 Å². The van der Waals surface area contributed by atoms with Crippen LogP contribution in [0.2, 0.25) is 0 Å². The van der Waals surface area contributed by atoms with Crippen LogP contribution in [-0.2, 0) is 16.8 Å². The fourth-order valence-corrected chi connectivity index (χ4v) is 0. The summed E-state index contributed by atoms with van der Waals surface area (Å²) >= 11 is 0. The predicted octanol–water partition coefficient (Wildman–Crippen LogP) is -6.39. The van der Waals surface area contributed by atoms with Crippen molar-refractivity contribution in [3.8, 4) is 0 Å². The van der Waals surface area contributed by atoms with Crippen LogP contribution in [0, 0.1) is 0 Å². The first kappa shape index (κ1) is 32.1. The number of hydrogen-bond donors (Lipinski definition) is 1. The molecule has 0 saturated carbocycles. The molecule has 0 aromatic carbocycles. The normalized spacial score (nSPS) is 1.20. The molecule has 1 N–H and O–H groups in total. The molecule has 0 heterocycles. The van der Waals surface area contributed by atoms with E-state index < -0.39 is 0 Å². The average molecular weight is 251 g/mol. The topological polar surface area (TPSA) is 20.2 Å². The molecule has 1 radical (unpaired) electrons. The molecule has 37 valence electrons. The van der Waals surface area contributed by atoms with E-state index in [-0.39, 0.29) is 50.7 Å². The molecule has 0 aliphatic heterocycles. The third-order valence-corrected chi connectivity index (χ3v) is 0.